The van der Waals surface area contributed by atoms with Crippen molar-refractivity contribution in [2.24, 2.45) is 0 Å². The number of hydrogen-bond acceptors (Lipinski definition) is 4. The van der Waals surface area contributed by atoms with E-state index in [2.05, 4.69) is 36.2 Å². The molecule has 1 heterocycles. The summed E-state index contributed by atoms with van der Waals surface area (Å²) >= 11 is 0. The van der Waals surface area contributed by atoms with Crippen molar-refractivity contribution in [1.82, 2.24) is 15.5 Å². The van der Waals surface area contributed by atoms with Crippen molar-refractivity contribution < 1.29 is 4.52 Å². The van der Waals surface area contributed by atoms with Crippen molar-refractivity contribution >= 4 is 0 Å². The van der Waals surface area contributed by atoms with Crippen molar-refractivity contribution in [2.75, 3.05) is 6.54 Å². The highest BCUT2D eigenvalue weighted by atomic mass is 16.5. The first-order valence-corrected chi connectivity index (χ1v) is 6.83. The molecule has 0 radical (unpaired) electrons. The molecule has 1 saturated carbocycles. The third-order valence-electron chi connectivity index (χ3n) is 3.81. The minimum absolute atomic E-state index is 0.330. The molecule has 1 aliphatic rings. The molecular weight excluding hydrogens is 214 g/mol. The van der Waals surface area contributed by atoms with Crippen LogP contribution in [0.15, 0.2) is 4.52 Å². The van der Waals surface area contributed by atoms with Crippen LogP contribution >= 0.6 is 0 Å². The van der Waals surface area contributed by atoms with Crippen molar-refractivity contribution in [3.05, 3.63) is 11.7 Å². The molecule has 0 saturated heterocycles. The van der Waals surface area contributed by atoms with E-state index in [4.69, 9.17) is 4.52 Å². The largest absolute Gasteiger partial charge is 0.339 e. The third kappa shape index (κ3) is 2.68. The molecule has 2 unspecified atom stereocenters. The fourth-order valence-electron chi connectivity index (χ4n) is 2.44. The normalized spacial score (nSPS) is 19.9. The molecule has 2 atom stereocenters. The van der Waals surface area contributed by atoms with Crippen LogP contribution in [0.4, 0.5) is 0 Å². The van der Waals surface area contributed by atoms with E-state index in [1.54, 1.807) is 0 Å². The number of rotatable bonds is 6. The Bertz CT molecular complexity index is 346. The Balaban J connectivity index is 2.05. The minimum Gasteiger partial charge on any atom is -0.339 e. The molecule has 1 N–H and O–H groups in total. The van der Waals surface area contributed by atoms with E-state index in [1.807, 2.05) is 0 Å². The van der Waals surface area contributed by atoms with Crippen LogP contribution in [-0.4, -0.2) is 22.7 Å². The first-order valence-electron chi connectivity index (χ1n) is 6.83. The Morgan fingerprint density at radius 1 is 1.41 bits per heavy atom. The van der Waals surface area contributed by atoms with Crippen molar-refractivity contribution in [3.8, 4) is 0 Å². The van der Waals surface area contributed by atoms with Crippen LogP contribution in [-0.2, 0) is 0 Å². The molecule has 4 nitrogen and oxygen atoms in total. The molecule has 2 rings (SSSR count). The van der Waals surface area contributed by atoms with Gasteiger partial charge in [-0.25, -0.2) is 0 Å². The maximum atomic E-state index is 5.44. The van der Waals surface area contributed by atoms with E-state index >= 15 is 0 Å². The molecule has 4 heteroatoms. The lowest BCUT2D eigenvalue weighted by atomic mass is 9.85. The number of hydrogen-bond donors (Lipinski definition) is 1. The number of aromatic nitrogens is 2. The summed E-state index contributed by atoms with van der Waals surface area (Å²) in [7, 11) is 0. The summed E-state index contributed by atoms with van der Waals surface area (Å²) in [5.74, 6) is 2.62. The predicted molar refractivity (Wildman–Crippen MR) is 67.1 cm³/mol. The molecule has 0 bridgehead atoms. The first-order chi connectivity index (χ1) is 8.26. The van der Waals surface area contributed by atoms with Crippen molar-refractivity contribution in [2.45, 2.75) is 64.3 Å². The van der Waals surface area contributed by atoms with E-state index in [9.17, 15) is 0 Å². The zero-order valence-electron chi connectivity index (χ0n) is 11.1. The van der Waals surface area contributed by atoms with E-state index in [1.165, 1.54) is 19.3 Å². The SMILES string of the molecule is CCNC(C)C(CC)c1nc(C2CCC2)no1. The Kier molecular flexibility index (Phi) is 4.15. The van der Waals surface area contributed by atoms with Crippen molar-refractivity contribution in [3.63, 3.8) is 0 Å². The second kappa shape index (κ2) is 5.63. The summed E-state index contributed by atoms with van der Waals surface area (Å²) in [4.78, 5) is 4.59. The Hall–Kier alpha value is -0.900. The quantitative estimate of drug-likeness (QED) is 0.826. The van der Waals surface area contributed by atoms with Gasteiger partial charge in [-0.15, -0.1) is 0 Å². The first kappa shape index (κ1) is 12.6. The molecule has 96 valence electrons. The van der Waals surface area contributed by atoms with E-state index in [0.29, 0.717) is 17.9 Å². The van der Waals surface area contributed by atoms with Crippen LogP contribution in [0.5, 0.6) is 0 Å². The molecule has 1 aromatic rings. The van der Waals surface area contributed by atoms with Gasteiger partial charge in [0.15, 0.2) is 5.82 Å². The molecule has 1 aromatic heterocycles. The molecule has 17 heavy (non-hydrogen) atoms. The molecule has 1 aliphatic carbocycles. The van der Waals surface area contributed by atoms with Crippen LogP contribution in [0, 0.1) is 0 Å². The fourth-order valence-corrected chi connectivity index (χ4v) is 2.44. The van der Waals surface area contributed by atoms with Crippen LogP contribution in [0.2, 0.25) is 0 Å². The fraction of sp³-hybridized carbons (Fsp3) is 0.846. The van der Waals surface area contributed by atoms with Crippen LogP contribution in [0.25, 0.3) is 0 Å². The Morgan fingerprint density at radius 3 is 2.71 bits per heavy atom. The van der Waals surface area contributed by atoms with Gasteiger partial charge < -0.3 is 9.84 Å². The van der Waals surface area contributed by atoms with Gasteiger partial charge in [0.1, 0.15) is 0 Å². The highest BCUT2D eigenvalue weighted by Crippen LogP contribution is 2.35. The average molecular weight is 237 g/mol. The monoisotopic (exact) mass is 237 g/mol. The lowest BCUT2D eigenvalue weighted by Crippen LogP contribution is -2.32. The van der Waals surface area contributed by atoms with Crippen LogP contribution < -0.4 is 5.32 Å². The maximum absolute atomic E-state index is 5.44. The Morgan fingerprint density at radius 2 is 2.18 bits per heavy atom. The molecule has 0 aliphatic heterocycles. The smallest absolute Gasteiger partial charge is 0.231 e. The van der Waals surface area contributed by atoms with Crippen molar-refractivity contribution in [1.29, 1.82) is 0 Å². The summed E-state index contributed by atoms with van der Waals surface area (Å²) in [6.07, 6.45) is 4.77. The topological polar surface area (TPSA) is 51.0 Å². The molecule has 0 spiro atoms. The summed E-state index contributed by atoms with van der Waals surface area (Å²) in [5.41, 5.74) is 0. The van der Waals surface area contributed by atoms with Gasteiger partial charge in [-0.1, -0.05) is 25.4 Å². The second-order valence-electron chi connectivity index (χ2n) is 4.98. The van der Waals surface area contributed by atoms with Gasteiger partial charge in [0.2, 0.25) is 5.89 Å². The van der Waals surface area contributed by atoms with E-state index in [0.717, 1.165) is 24.7 Å². The van der Waals surface area contributed by atoms with Crippen LogP contribution in [0.1, 0.15) is 70.0 Å². The van der Waals surface area contributed by atoms with Gasteiger partial charge in [-0.05, 0) is 32.7 Å². The number of nitrogens with one attached hydrogen (secondary N) is 1. The third-order valence-corrected chi connectivity index (χ3v) is 3.81. The predicted octanol–water partition coefficient (Wildman–Crippen LogP) is 2.83. The van der Waals surface area contributed by atoms with Crippen LogP contribution in [0.3, 0.4) is 0 Å². The molecule has 0 amide bonds. The zero-order valence-corrected chi connectivity index (χ0v) is 11.1. The summed E-state index contributed by atoms with van der Waals surface area (Å²) in [5, 5.41) is 7.57. The van der Waals surface area contributed by atoms with E-state index in [-0.39, 0.29) is 0 Å². The molecular formula is C13H23N3O. The van der Waals surface area contributed by atoms with Gasteiger partial charge in [-0.2, -0.15) is 4.98 Å². The number of likely N-dealkylation sites (N-methyl/N-ethyl adjacent to an activating group) is 1. The minimum atomic E-state index is 0.330. The number of nitrogens with zero attached hydrogens (tertiary/aromatic N) is 2. The maximum Gasteiger partial charge on any atom is 0.231 e. The van der Waals surface area contributed by atoms with Gasteiger partial charge in [0.25, 0.3) is 0 Å². The lowest BCUT2D eigenvalue weighted by Gasteiger charge is -2.21. The zero-order chi connectivity index (χ0) is 12.3. The standard InChI is InChI=1S/C13H23N3O/c1-4-11(9(3)14-5-2)13-15-12(16-17-13)10-7-6-8-10/h9-11,14H,4-8H2,1-3H3. The summed E-state index contributed by atoms with van der Waals surface area (Å²) < 4.78 is 5.44. The van der Waals surface area contributed by atoms with Gasteiger partial charge >= 0.3 is 0 Å². The van der Waals surface area contributed by atoms with Gasteiger partial charge in [-0.3, -0.25) is 0 Å². The second-order valence-corrected chi connectivity index (χ2v) is 4.98. The van der Waals surface area contributed by atoms with Gasteiger partial charge in [0.05, 0.1) is 5.92 Å². The summed E-state index contributed by atoms with van der Waals surface area (Å²) in [6.45, 7) is 7.45. The molecule has 0 aromatic carbocycles. The summed E-state index contributed by atoms with van der Waals surface area (Å²) in [6, 6.07) is 0.389. The highest BCUT2D eigenvalue weighted by Gasteiger charge is 2.28. The van der Waals surface area contributed by atoms with E-state index < -0.39 is 0 Å². The average Bonchev–Trinajstić information content (AvgIpc) is 2.66. The molecule has 1 fully saturated rings. The van der Waals surface area contributed by atoms with Gasteiger partial charge in [0, 0.05) is 12.0 Å². The highest BCUT2D eigenvalue weighted by molar-refractivity contribution is 5.03. The Labute approximate surface area is 103 Å². The lowest BCUT2D eigenvalue weighted by molar-refractivity contribution is 0.309.